The van der Waals surface area contributed by atoms with Crippen molar-refractivity contribution in [3.8, 4) is 0 Å². The second-order valence-electron chi connectivity index (χ2n) is 21.2. The molecule has 0 aromatic rings. The van der Waals surface area contributed by atoms with Crippen LogP contribution in [0.25, 0.3) is 0 Å². The third-order valence-corrected chi connectivity index (χ3v) is 13.6. The molecular weight excluding hydrogens is 1130 g/mol. The van der Waals surface area contributed by atoms with Gasteiger partial charge < -0.3 is 35.3 Å². The minimum Gasteiger partial charge on any atom is -0.480 e. The number of likely N-dealkylation sites (N-methyl/N-ethyl adjacent to an activating group) is 3. The molecule has 0 radical (unpaired) electrons. The Balaban J connectivity index is -0.000000161. The first-order valence-corrected chi connectivity index (χ1v) is 31.1. The summed E-state index contributed by atoms with van der Waals surface area (Å²) in [5.74, 6) is -4.62. The number of hydrogen-bond acceptors (Lipinski definition) is 20. The average Bonchev–Trinajstić information content (AvgIpc) is 3.60. The number of unbranched alkanes of at least 4 members (excludes halogenated alkanes) is 28. The van der Waals surface area contributed by atoms with E-state index in [0.29, 0.717) is 19.6 Å². The van der Waals surface area contributed by atoms with Crippen molar-refractivity contribution < 1.29 is 97.5 Å². The molecule has 5 N–H and O–H groups in total. The van der Waals surface area contributed by atoms with Gasteiger partial charge in [-0.3, -0.25) is 38.7 Å². The van der Waals surface area contributed by atoms with Crippen molar-refractivity contribution in [3.05, 3.63) is 0 Å². The lowest BCUT2D eigenvalue weighted by molar-refractivity contribution is -0.193. The molecule has 0 aromatic carbocycles. The van der Waals surface area contributed by atoms with Gasteiger partial charge in [0.2, 0.25) is 0 Å². The molecule has 0 fully saturated rings. The lowest BCUT2D eigenvalue weighted by Gasteiger charge is -2.29. The first-order valence-electron chi connectivity index (χ1n) is 31.1. The molecule has 0 saturated heterocycles. The molecular formula is C62H115N5O20. The van der Waals surface area contributed by atoms with Crippen LogP contribution in [0.2, 0.25) is 0 Å². The number of carbonyl (C=O) groups excluding carboxylic acids is 10. The van der Waals surface area contributed by atoms with E-state index < -0.39 is 29.8 Å². The number of hydrogen-bond donors (Lipinski definition) is 5. The van der Waals surface area contributed by atoms with E-state index in [4.69, 9.17) is 68.4 Å². The van der Waals surface area contributed by atoms with Crippen LogP contribution in [0.5, 0.6) is 0 Å². The number of rotatable bonds is 51. The minimum atomic E-state index is -0.987. The summed E-state index contributed by atoms with van der Waals surface area (Å²) >= 11 is 0. The molecule has 508 valence electrons. The van der Waals surface area contributed by atoms with Crippen LogP contribution in [-0.2, 0) is 71.9 Å². The van der Waals surface area contributed by atoms with E-state index in [1.807, 2.05) is 40.0 Å². The van der Waals surface area contributed by atoms with Gasteiger partial charge in [0.15, 0.2) is 0 Å². The molecule has 0 bridgehead atoms. The Hall–Kier alpha value is -5.95. The van der Waals surface area contributed by atoms with Crippen LogP contribution in [0.15, 0.2) is 0 Å². The van der Waals surface area contributed by atoms with Crippen molar-refractivity contribution in [2.75, 3.05) is 87.1 Å². The second kappa shape index (κ2) is 84.3. The largest absolute Gasteiger partial charge is 0.480 e. The van der Waals surface area contributed by atoms with E-state index in [1.54, 1.807) is 0 Å². The maximum Gasteiger partial charge on any atom is 0.373 e. The maximum absolute atomic E-state index is 11.1. The van der Waals surface area contributed by atoms with Crippen LogP contribution in [-0.4, -0.2) is 210 Å². The molecule has 0 aromatic heterocycles. The standard InChI is InChI=1S/2C20H40N2O4.C17H35NO2.5CO2/c1-4-5-6-7-8-9-10-11-12-13-14-18(21(2)3)15-22(16-19(23)24)17-20(25)26;1-3-4-5-6-7-8-9-10-11-12-13-14-21(2)15-16-22(17-19(23)24)18-20(25)26;1-4-6-7-8-9-10-11-12-13-14-15-16(17(19)20)18(3)5-2;5*2-1-3/h18H,4-17H2,1-3H3,(H,23,24)(H,25,26);3-18H2,1-2H3,(H,23,24)(H,25,26);16H,4-15H2,1-3H3,(H,19,20);;;;;. The SMILES string of the molecule is CCCCCCCCCCCCC(C(=O)O)N(C)CC.CCCCCCCCCCCCC(CN(CC(=O)O)CC(=O)O)N(C)C.CCCCCCCCCCCCCN(C)CCN(CC(=O)O)CC(=O)O.O=C=O.O=C=O.O=C=O.O=C=O.O=C=O. The molecule has 0 aliphatic carbocycles. The fourth-order valence-electron chi connectivity index (χ4n) is 8.89. The van der Waals surface area contributed by atoms with Crippen LogP contribution in [0, 0.1) is 0 Å². The highest BCUT2D eigenvalue weighted by molar-refractivity contribution is 5.74. The quantitative estimate of drug-likeness (QED) is 0.0354. The molecule has 0 aliphatic rings. The average molecular weight is 1250 g/mol. The van der Waals surface area contributed by atoms with E-state index in [-0.39, 0.29) is 69.0 Å². The predicted octanol–water partition coefficient (Wildman–Crippen LogP) is 9.18. The van der Waals surface area contributed by atoms with Crippen molar-refractivity contribution in [2.24, 2.45) is 0 Å². The molecule has 0 heterocycles. The van der Waals surface area contributed by atoms with Crippen molar-refractivity contribution in [3.63, 3.8) is 0 Å². The lowest BCUT2D eigenvalue weighted by atomic mass is 10.0. The molecule has 0 aliphatic heterocycles. The van der Waals surface area contributed by atoms with Gasteiger partial charge in [-0.15, -0.1) is 0 Å². The fraction of sp³-hybridized carbons (Fsp3) is 0.839. The van der Waals surface area contributed by atoms with E-state index in [2.05, 4.69) is 30.6 Å². The highest BCUT2D eigenvalue weighted by Gasteiger charge is 2.22. The molecule has 87 heavy (non-hydrogen) atoms. The van der Waals surface area contributed by atoms with Crippen LogP contribution in [0.4, 0.5) is 0 Å². The summed E-state index contributed by atoms with van der Waals surface area (Å²) in [6, 6.07) is -0.114. The number of carboxylic acids is 5. The number of carboxylic acid groups (broad SMARTS) is 5. The summed E-state index contributed by atoms with van der Waals surface area (Å²) in [4.78, 5) is 145. The monoisotopic (exact) mass is 1250 g/mol. The summed E-state index contributed by atoms with van der Waals surface area (Å²) in [5.41, 5.74) is 0. The molecule has 25 nitrogen and oxygen atoms in total. The van der Waals surface area contributed by atoms with E-state index in [9.17, 15) is 29.1 Å². The summed E-state index contributed by atoms with van der Waals surface area (Å²) < 4.78 is 0. The van der Waals surface area contributed by atoms with Crippen molar-refractivity contribution in [2.45, 2.75) is 252 Å². The summed E-state index contributed by atoms with van der Waals surface area (Å²) in [6.07, 6.45) is 43.4. The number of carbonyl (C=O) groups is 5. The molecule has 2 atom stereocenters. The normalized spacial score (nSPS) is 10.6. The Kier molecular flexibility index (Phi) is 94.3. The van der Waals surface area contributed by atoms with Crippen molar-refractivity contribution in [1.29, 1.82) is 0 Å². The van der Waals surface area contributed by atoms with Crippen molar-refractivity contribution in [1.82, 2.24) is 24.5 Å². The van der Waals surface area contributed by atoms with Gasteiger partial charge in [0, 0.05) is 25.7 Å². The zero-order chi connectivity index (χ0) is 68.2. The molecule has 0 amide bonds. The van der Waals surface area contributed by atoms with E-state index in [0.717, 1.165) is 45.2 Å². The molecule has 25 heteroatoms. The van der Waals surface area contributed by atoms with Gasteiger partial charge in [-0.05, 0) is 60.5 Å². The molecule has 0 rings (SSSR count). The van der Waals surface area contributed by atoms with Crippen LogP contribution >= 0.6 is 0 Å². The third-order valence-electron chi connectivity index (χ3n) is 13.6. The van der Waals surface area contributed by atoms with Gasteiger partial charge in [0.1, 0.15) is 6.04 Å². The van der Waals surface area contributed by atoms with E-state index in [1.165, 1.54) is 190 Å². The van der Waals surface area contributed by atoms with Gasteiger partial charge >= 0.3 is 60.6 Å². The zero-order valence-electron chi connectivity index (χ0n) is 54.4. The number of aliphatic carboxylic acids is 5. The number of nitrogens with zero attached hydrogens (tertiary/aromatic N) is 5. The fourth-order valence-corrected chi connectivity index (χ4v) is 8.89. The Labute approximate surface area is 519 Å². The second-order valence-corrected chi connectivity index (χ2v) is 21.2. The smallest absolute Gasteiger partial charge is 0.373 e. The Bertz CT molecular complexity index is 1630. The van der Waals surface area contributed by atoms with E-state index >= 15 is 0 Å². The van der Waals surface area contributed by atoms with Gasteiger partial charge in [-0.25, -0.2) is 0 Å². The Morgan fingerprint density at radius 3 is 0.839 bits per heavy atom. The lowest BCUT2D eigenvalue weighted by Crippen LogP contribution is -2.44. The van der Waals surface area contributed by atoms with Gasteiger partial charge in [-0.2, -0.15) is 47.9 Å². The van der Waals surface area contributed by atoms with Gasteiger partial charge in [-0.1, -0.05) is 220 Å². The molecule has 0 saturated carbocycles. The highest BCUT2D eigenvalue weighted by atomic mass is 16.4. The first kappa shape index (κ1) is 97.3. The highest BCUT2D eigenvalue weighted by Crippen LogP contribution is 2.16. The van der Waals surface area contributed by atoms with Gasteiger partial charge in [0.05, 0.1) is 26.2 Å². The minimum absolute atomic E-state index is 0.183. The Morgan fingerprint density at radius 1 is 0.333 bits per heavy atom. The maximum atomic E-state index is 11.1. The van der Waals surface area contributed by atoms with Crippen LogP contribution < -0.4 is 0 Å². The van der Waals surface area contributed by atoms with Crippen molar-refractivity contribution >= 4 is 60.6 Å². The summed E-state index contributed by atoms with van der Waals surface area (Å²) in [6.45, 7) is 11.3. The van der Waals surface area contributed by atoms with Gasteiger partial charge in [0.25, 0.3) is 0 Å². The molecule has 0 spiro atoms. The predicted molar refractivity (Wildman–Crippen MR) is 323 cm³/mol. The van der Waals surface area contributed by atoms with Crippen LogP contribution in [0.3, 0.4) is 0 Å². The summed E-state index contributed by atoms with van der Waals surface area (Å²) in [7, 11) is 7.85. The topological polar surface area (TPSA) is 373 Å². The first-order chi connectivity index (χ1) is 41.5. The Morgan fingerprint density at radius 2 is 0.586 bits per heavy atom. The summed E-state index contributed by atoms with van der Waals surface area (Å²) in [5, 5.41) is 44.8. The zero-order valence-corrected chi connectivity index (χ0v) is 54.4. The molecule has 2 unspecified atom stereocenters. The van der Waals surface area contributed by atoms with Crippen LogP contribution in [0.1, 0.15) is 240 Å². The third kappa shape index (κ3) is 99.4.